The molecule has 2 aromatic rings. The van der Waals surface area contributed by atoms with Crippen molar-refractivity contribution in [1.29, 1.82) is 0 Å². The van der Waals surface area contributed by atoms with Crippen molar-refractivity contribution in [1.82, 2.24) is 5.32 Å². The van der Waals surface area contributed by atoms with Crippen LogP contribution < -0.4 is 25.8 Å². The van der Waals surface area contributed by atoms with E-state index in [0.717, 1.165) is 5.56 Å². The van der Waals surface area contributed by atoms with Crippen LogP contribution in [0.15, 0.2) is 36.4 Å². The number of nitro groups is 1. The van der Waals surface area contributed by atoms with Crippen LogP contribution >= 0.6 is 12.2 Å². The highest BCUT2D eigenvalue weighted by molar-refractivity contribution is 7.80. The Kier molecular flexibility index (Phi) is 4.34. The van der Waals surface area contributed by atoms with E-state index in [-0.39, 0.29) is 18.2 Å². The molecular weight excluding hydrogens is 332 g/mol. The fourth-order valence-corrected chi connectivity index (χ4v) is 2.38. The molecule has 0 bridgehead atoms. The quantitative estimate of drug-likeness (QED) is 0.335. The summed E-state index contributed by atoms with van der Waals surface area (Å²) in [5, 5.41) is 17.1. The van der Waals surface area contributed by atoms with Crippen molar-refractivity contribution < 1.29 is 14.4 Å². The minimum absolute atomic E-state index is 0.102. The summed E-state index contributed by atoms with van der Waals surface area (Å²) in [6, 6.07) is 10.0. The third kappa shape index (κ3) is 3.46. The van der Waals surface area contributed by atoms with Gasteiger partial charge in [0.25, 0.3) is 5.69 Å². The largest absolute Gasteiger partial charge is 0.454 e. The summed E-state index contributed by atoms with van der Waals surface area (Å²) < 4.78 is 10.6. The second kappa shape index (κ2) is 6.59. The van der Waals surface area contributed by atoms with Crippen molar-refractivity contribution in [3.05, 3.63) is 52.1 Å². The summed E-state index contributed by atoms with van der Waals surface area (Å²) in [4.78, 5) is 10.4. The first kappa shape index (κ1) is 15.8. The van der Waals surface area contributed by atoms with Gasteiger partial charge in [-0.05, 0) is 42.0 Å². The van der Waals surface area contributed by atoms with Crippen LogP contribution in [-0.2, 0) is 6.54 Å². The lowest BCUT2D eigenvalue weighted by Crippen LogP contribution is -2.27. The average Bonchev–Trinajstić information content (AvgIpc) is 3.02. The van der Waals surface area contributed by atoms with Gasteiger partial charge >= 0.3 is 0 Å². The molecule has 1 aliphatic heterocycles. The molecule has 0 aliphatic carbocycles. The molecule has 0 saturated carbocycles. The van der Waals surface area contributed by atoms with Crippen molar-refractivity contribution >= 4 is 34.4 Å². The molecule has 124 valence electrons. The van der Waals surface area contributed by atoms with Crippen LogP contribution in [0.2, 0.25) is 0 Å². The number of fused-ring (bicyclic) bond motifs is 1. The van der Waals surface area contributed by atoms with Crippen molar-refractivity contribution in [2.75, 3.05) is 17.8 Å². The molecule has 1 heterocycles. The Labute approximate surface area is 142 Å². The Hall–Kier alpha value is -3.07. The van der Waals surface area contributed by atoms with Crippen LogP contribution in [0.5, 0.6) is 11.5 Å². The summed E-state index contributed by atoms with van der Waals surface area (Å²) in [5.74, 6) is 1.41. The van der Waals surface area contributed by atoms with E-state index in [2.05, 4.69) is 10.6 Å². The second-order valence-corrected chi connectivity index (χ2v) is 5.43. The van der Waals surface area contributed by atoms with Crippen molar-refractivity contribution in [3.8, 4) is 11.5 Å². The van der Waals surface area contributed by atoms with Gasteiger partial charge in [0.15, 0.2) is 16.6 Å². The van der Waals surface area contributed by atoms with Crippen LogP contribution in [0.25, 0.3) is 0 Å². The standard InChI is InChI=1S/C15H14N4O4S/c16-11-3-2-10(6-12(11)19(20)21)18-15(24)17-7-9-1-4-13-14(5-9)23-8-22-13/h1-6H,7-8,16H2,(H2,17,18,24). The number of nitro benzene ring substituents is 1. The molecule has 8 nitrogen and oxygen atoms in total. The number of anilines is 2. The molecule has 0 amide bonds. The van der Waals surface area contributed by atoms with Crippen LogP contribution in [-0.4, -0.2) is 16.8 Å². The Bertz CT molecular complexity index is 812. The molecule has 24 heavy (non-hydrogen) atoms. The number of hydrogen-bond acceptors (Lipinski definition) is 6. The topological polar surface area (TPSA) is 112 Å². The molecule has 2 aromatic carbocycles. The van der Waals surface area contributed by atoms with Crippen molar-refractivity contribution in [3.63, 3.8) is 0 Å². The maximum atomic E-state index is 10.9. The SMILES string of the molecule is Nc1ccc(NC(=S)NCc2ccc3c(c2)OCO3)cc1[N+](=O)[O-]. The first-order chi connectivity index (χ1) is 11.5. The fraction of sp³-hybridized carbons (Fsp3) is 0.133. The van der Waals surface area contributed by atoms with E-state index in [1.165, 1.54) is 12.1 Å². The highest BCUT2D eigenvalue weighted by atomic mass is 32.1. The first-order valence-electron chi connectivity index (χ1n) is 7.00. The van der Waals surface area contributed by atoms with Gasteiger partial charge in [0, 0.05) is 18.3 Å². The summed E-state index contributed by atoms with van der Waals surface area (Å²) in [6.45, 7) is 0.696. The van der Waals surface area contributed by atoms with Gasteiger partial charge in [-0.3, -0.25) is 10.1 Å². The lowest BCUT2D eigenvalue weighted by molar-refractivity contribution is -0.383. The number of rotatable bonds is 4. The predicted molar refractivity (Wildman–Crippen MR) is 93.1 cm³/mol. The van der Waals surface area contributed by atoms with Gasteiger partial charge in [-0.25, -0.2) is 0 Å². The van der Waals surface area contributed by atoms with Gasteiger partial charge in [0.05, 0.1) is 4.92 Å². The van der Waals surface area contributed by atoms with Gasteiger partial charge in [-0.15, -0.1) is 0 Å². The Balaban J connectivity index is 1.60. The monoisotopic (exact) mass is 346 g/mol. The van der Waals surface area contributed by atoms with Crippen LogP contribution in [0.1, 0.15) is 5.56 Å². The molecule has 1 aliphatic rings. The van der Waals surface area contributed by atoms with Gasteiger partial charge in [-0.1, -0.05) is 6.07 Å². The molecule has 0 saturated heterocycles. The normalized spacial score (nSPS) is 11.8. The Morgan fingerprint density at radius 2 is 2.04 bits per heavy atom. The number of ether oxygens (including phenoxy) is 2. The smallest absolute Gasteiger partial charge is 0.294 e. The highest BCUT2D eigenvalue weighted by Crippen LogP contribution is 2.32. The Morgan fingerprint density at radius 3 is 2.83 bits per heavy atom. The second-order valence-electron chi connectivity index (χ2n) is 5.03. The zero-order valence-electron chi connectivity index (χ0n) is 12.4. The number of nitrogens with two attached hydrogens (primary N) is 1. The third-order valence-electron chi connectivity index (χ3n) is 3.38. The summed E-state index contributed by atoms with van der Waals surface area (Å²) in [6.07, 6.45) is 0. The number of nitrogens with zero attached hydrogens (tertiary/aromatic N) is 1. The van der Waals surface area contributed by atoms with Crippen LogP contribution in [0.3, 0.4) is 0 Å². The summed E-state index contributed by atoms with van der Waals surface area (Å²) >= 11 is 5.20. The number of hydrogen-bond donors (Lipinski definition) is 3. The number of nitrogen functional groups attached to an aromatic ring is 1. The lowest BCUT2D eigenvalue weighted by Gasteiger charge is -2.11. The molecule has 0 fully saturated rings. The summed E-state index contributed by atoms with van der Waals surface area (Å²) in [7, 11) is 0. The van der Waals surface area contributed by atoms with E-state index in [1.807, 2.05) is 18.2 Å². The third-order valence-corrected chi connectivity index (χ3v) is 3.62. The van der Waals surface area contributed by atoms with Crippen molar-refractivity contribution in [2.24, 2.45) is 0 Å². The average molecular weight is 346 g/mol. The minimum Gasteiger partial charge on any atom is -0.454 e. The van der Waals surface area contributed by atoms with Gasteiger partial charge < -0.3 is 25.8 Å². The molecule has 0 atom stereocenters. The Morgan fingerprint density at radius 1 is 1.25 bits per heavy atom. The van der Waals surface area contributed by atoms with Crippen LogP contribution in [0, 0.1) is 10.1 Å². The summed E-state index contributed by atoms with van der Waals surface area (Å²) in [5.41, 5.74) is 6.94. The zero-order chi connectivity index (χ0) is 17.1. The van der Waals surface area contributed by atoms with E-state index in [4.69, 9.17) is 27.4 Å². The maximum absolute atomic E-state index is 10.9. The van der Waals surface area contributed by atoms with E-state index in [0.29, 0.717) is 28.8 Å². The molecule has 0 aromatic heterocycles. The van der Waals surface area contributed by atoms with E-state index < -0.39 is 4.92 Å². The fourth-order valence-electron chi connectivity index (χ4n) is 2.19. The number of thiocarbonyl (C=S) groups is 1. The van der Waals surface area contributed by atoms with Crippen molar-refractivity contribution in [2.45, 2.75) is 6.54 Å². The molecule has 0 spiro atoms. The van der Waals surface area contributed by atoms with E-state index >= 15 is 0 Å². The number of nitrogens with one attached hydrogen (secondary N) is 2. The highest BCUT2D eigenvalue weighted by Gasteiger charge is 2.14. The van der Waals surface area contributed by atoms with Gasteiger partial charge in [0.2, 0.25) is 6.79 Å². The van der Waals surface area contributed by atoms with Gasteiger partial charge in [-0.2, -0.15) is 0 Å². The minimum atomic E-state index is -0.538. The van der Waals surface area contributed by atoms with Crippen LogP contribution in [0.4, 0.5) is 17.1 Å². The van der Waals surface area contributed by atoms with Gasteiger partial charge in [0.1, 0.15) is 5.69 Å². The molecule has 0 radical (unpaired) electrons. The maximum Gasteiger partial charge on any atom is 0.294 e. The molecular formula is C15H14N4O4S. The predicted octanol–water partition coefficient (Wildman–Crippen LogP) is 2.39. The zero-order valence-corrected chi connectivity index (χ0v) is 13.3. The molecule has 3 rings (SSSR count). The van der Waals surface area contributed by atoms with E-state index in [1.54, 1.807) is 6.07 Å². The number of benzene rings is 2. The first-order valence-corrected chi connectivity index (χ1v) is 7.41. The lowest BCUT2D eigenvalue weighted by atomic mass is 10.2. The molecule has 9 heteroatoms. The molecule has 0 unspecified atom stereocenters. The van der Waals surface area contributed by atoms with E-state index in [9.17, 15) is 10.1 Å². The molecule has 4 N–H and O–H groups in total.